The number of benzene rings is 2. The predicted molar refractivity (Wildman–Crippen MR) is 129 cm³/mol. The van der Waals surface area contributed by atoms with Gasteiger partial charge in [0.05, 0.1) is 0 Å². The lowest BCUT2D eigenvalue weighted by Gasteiger charge is -2.67. The van der Waals surface area contributed by atoms with Gasteiger partial charge in [-0.15, -0.1) is 0 Å². The van der Waals surface area contributed by atoms with Gasteiger partial charge < -0.3 is 4.74 Å². The summed E-state index contributed by atoms with van der Waals surface area (Å²) in [7, 11) is 0. The van der Waals surface area contributed by atoms with Crippen LogP contribution in [0.2, 0.25) is 0 Å². The van der Waals surface area contributed by atoms with E-state index >= 15 is 0 Å². The van der Waals surface area contributed by atoms with Crippen molar-refractivity contribution >= 4 is 5.97 Å². The lowest BCUT2D eigenvalue weighted by molar-refractivity contribution is -0.132. The molecule has 5 rings (SSSR count). The van der Waals surface area contributed by atoms with E-state index in [1.807, 2.05) is 18.2 Å². The average molecular weight is 450 g/mol. The van der Waals surface area contributed by atoms with Gasteiger partial charge in [0.25, 0.3) is 0 Å². The number of rotatable bonds is 4. The normalized spacial score (nSPS) is 29.2. The van der Waals surface area contributed by atoms with Crippen LogP contribution < -0.4 is 4.74 Å². The highest BCUT2D eigenvalue weighted by atomic mass is 19.1. The lowest BCUT2D eigenvalue weighted by atomic mass is 9.42. The summed E-state index contributed by atoms with van der Waals surface area (Å²) in [4.78, 5) is 14.5. The molecule has 3 unspecified atom stereocenters. The summed E-state index contributed by atoms with van der Waals surface area (Å²) in [5.74, 6) is 0.885. The zero-order valence-corrected chi connectivity index (χ0v) is 20.2. The van der Waals surface area contributed by atoms with Gasteiger partial charge in [-0.25, -0.2) is 4.39 Å². The Hall–Kier alpha value is -2.20. The van der Waals surface area contributed by atoms with Crippen LogP contribution in [0.25, 0.3) is 0 Å². The van der Waals surface area contributed by atoms with E-state index in [1.54, 1.807) is 12.1 Å². The summed E-state index contributed by atoms with van der Waals surface area (Å²) >= 11 is 0. The Kier molecular flexibility index (Phi) is 5.84. The van der Waals surface area contributed by atoms with Crippen LogP contribution in [0.15, 0.2) is 42.5 Å². The molecule has 0 spiro atoms. The molecule has 0 aromatic heterocycles. The van der Waals surface area contributed by atoms with Crippen LogP contribution in [0.3, 0.4) is 0 Å². The van der Waals surface area contributed by atoms with Crippen LogP contribution in [0.5, 0.6) is 5.75 Å². The number of carbonyl (C=O) groups excluding carboxylic acids is 1. The van der Waals surface area contributed by atoms with Crippen molar-refractivity contribution in [3.05, 3.63) is 65.0 Å². The molecular weight excluding hydrogens is 413 g/mol. The van der Waals surface area contributed by atoms with Crippen molar-refractivity contribution in [2.75, 3.05) is 6.54 Å². The summed E-state index contributed by atoms with van der Waals surface area (Å²) in [6, 6.07) is 13.9. The first-order valence-electron chi connectivity index (χ1n) is 12.7. The number of hydrogen-bond acceptors (Lipinski definition) is 3. The maximum atomic E-state index is 13.5. The highest BCUT2D eigenvalue weighted by Crippen LogP contribution is 2.66. The quantitative estimate of drug-likeness (QED) is 0.398. The predicted octanol–water partition coefficient (Wildman–Crippen LogP) is 6.43. The summed E-state index contributed by atoms with van der Waals surface area (Å²) in [6.45, 7) is 8.17. The molecule has 1 saturated heterocycles. The highest BCUT2D eigenvalue weighted by Gasteiger charge is 2.63. The molecule has 0 radical (unpaired) electrons. The molecule has 2 aliphatic carbocycles. The van der Waals surface area contributed by atoms with Crippen molar-refractivity contribution in [3.8, 4) is 5.75 Å². The molecule has 33 heavy (non-hydrogen) atoms. The molecule has 2 aromatic carbocycles. The molecule has 0 N–H and O–H groups in total. The molecule has 2 fully saturated rings. The summed E-state index contributed by atoms with van der Waals surface area (Å²) in [6.07, 6.45) is 8.27. The van der Waals surface area contributed by atoms with Crippen molar-refractivity contribution in [3.63, 3.8) is 0 Å². The minimum Gasteiger partial charge on any atom is -0.426 e. The second-order valence-corrected chi connectivity index (χ2v) is 10.9. The third-order valence-electron chi connectivity index (χ3n) is 8.87. The zero-order valence-electron chi connectivity index (χ0n) is 20.2. The minimum atomic E-state index is -0.240. The molecule has 2 aromatic rings. The second kappa shape index (κ2) is 8.54. The fraction of sp³-hybridized carbons (Fsp3) is 0.552. The standard InChI is InChI=1S/C29H36FNO2/c1-20(2)27-29-15-5-4-14-28(29,17-18-31(27)19-22-9-11-23(30)12-10-22)25-7-6-8-26(33-21(3)32)24(25)13-16-29/h6-12,20,27H,4-5,13-19H2,1-3H3. The Labute approximate surface area is 197 Å². The molecule has 0 bridgehead atoms. The van der Waals surface area contributed by atoms with E-state index in [0.29, 0.717) is 12.0 Å². The topological polar surface area (TPSA) is 29.5 Å². The fourth-order valence-electron chi connectivity index (χ4n) is 7.96. The number of halogens is 1. The van der Waals surface area contributed by atoms with Gasteiger partial charge >= 0.3 is 5.97 Å². The number of ether oxygens (including phenoxy) is 1. The van der Waals surface area contributed by atoms with Crippen molar-refractivity contribution < 1.29 is 13.9 Å². The van der Waals surface area contributed by atoms with Crippen LogP contribution in [-0.4, -0.2) is 23.5 Å². The average Bonchev–Trinajstić information content (AvgIpc) is 2.79. The van der Waals surface area contributed by atoms with E-state index in [2.05, 4.69) is 30.9 Å². The van der Waals surface area contributed by atoms with Crippen LogP contribution in [0, 0.1) is 17.2 Å². The van der Waals surface area contributed by atoms with Gasteiger partial charge in [-0.2, -0.15) is 0 Å². The number of likely N-dealkylation sites (tertiary alicyclic amines) is 1. The summed E-state index contributed by atoms with van der Waals surface area (Å²) in [5.41, 5.74) is 4.26. The maximum absolute atomic E-state index is 13.5. The van der Waals surface area contributed by atoms with Gasteiger partial charge in [-0.3, -0.25) is 9.69 Å². The zero-order chi connectivity index (χ0) is 23.2. The first-order chi connectivity index (χ1) is 15.9. The molecule has 3 atom stereocenters. The molecule has 176 valence electrons. The number of hydrogen-bond donors (Lipinski definition) is 0. The molecular formula is C29H36FNO2. The van der Waals surface area contributed by atoms with E-state index in [0.717, 1.165) is 38.1 Å². The molecule has 4 heteroatoms. The van der Waals surface area contributed by atoms with Gasteiger partial charge in [0.1, 0.15) is 11.6 Å². The first-order valence-corrected chi connectivity index (χ1v) is 12.7. The second-order valence-electron chi connectivity index (χ2n) is 10.9. The Morgan fingerprint density at radius 2 is 1.85 bits per heavy atom. The molecule has 0 amide bonds. The van der Waals surface area contributed by atoms with Crippen molar-refractivity contribution in [2.24, 2.45) is 11.3 Å². The number of piperidine rings is 1. The number of esters is 1. The van der Waals surface area contributed by atoms with E-state index in [9.17, 15) is 9.18 Å². The Morgan fingerprint density at radius 1 is 1.09 bits per heavy atom. The number of carbonyl (C=O) groups is 1. The molecule has 1 aliphatic heterocycles. The Bertz CT molecular complexity index is 1030. The van der Waals surface area contributed by atoms with Gasteiger partial charge in [-0.1, -0.05) is 51.0 Å². The van der Waals surface area contributed by atoms with Gasteiger partial charge in [0.2, 0.25) is 0 Å². The molecule has 3 aliphatic rings. The molecule has 1 saturated carbocycles. The van der Waals surface area contributed by atoms with E-state index < -0.39 is 0 Å². The van der Waals surface area contributed by atoms with Gasteiger partial charge in [0, 0.05) is 24.9 Å². The smallest absolute Gasteiger partial charge is 0.308 e. The van der Waals surface area contributed by atoms with Crippen molar-refractivity contribution in [2.45, 2.75) is 83.7 Å². The summed E-state index contributed by atoms with van der Waals surface area (Å²) in [5, 5.41) is 0. The maximum Gasteiger partial charge on any atom is 0.308 e. The monoisotopic (exact) mass is 449 g/mol. The minimum absolute atomic E-state index is 0.142. The van der Waals surface area contributed by atoms with Crippen molar-refractivity contribution in [1.29, 1.82) is 0 Å². The largest absolute Gasteiger partial charge is 0.426 e. The van der Waals surface area contributed by atoms with Gasteiger partial charge in [-0.05, 0) is 84.9 Å². The number of nitrogens with zero attached hydrogens (tertiary/aromatic N) is 1. The van der Waals surface area contributed by atoms with E-state index in [-0.39, 0.29) is 22.6 Å². The third kappa shape index (κ3) is 3.62. The van der Waals surface area contributed by atoms with Crippen LogP contribution in [0.1, 0.15) is 76.0 Å². The van der Waals surface area contributed by atoms with Gasteiger partial charge in [0.15, 0.2) is 0 Å². The van der Waals surface area contributed by atoms with Crippen LogP contribution in [-0.2, 0) is 23.2 Å². The first kappa shape index (κ1) is 22.6. The molecule has 1 heterocycles. The van der Waals surface area contributed by atoms with Crippen LogP contribution in [0.4, 0.5) is 4.39 Å². The fourth-order valence-corrected chi connectivity index (χ4v) is 7.96. The lowest BCUT2D eigenvalue weighted by Crippen LogP contribution is -2.67. The SMILES string of the molecule is CC(=O)Oc1cccc2c1CCC13CCCCC21CCN(Cc1ccc(F)cc1)C3C(C)C. The van der Waals surface area contributed by atoms with Crippen molar-refractivity contribution in [1.82, 2.24) is 4.90 Å². The Balaban J connectivity index is 1.58. The van der Waals surface area contributed by atoms with Crippen LogP contribution >= 0.6 is 0 Å². The highest BCUT2D eigenvalue weighted by molar-refractivity contribution is 5.70. The summed E-state index contributed by atoms with van der Waals surface area (Å²) < 4.78 is 19.2. The van der Waals surface area contributed by atoms with E-state index in [4.69, 9.17) is 4.74 Å². The Morgan fingerprint density at radius 3 is 2.58 bits per heavy atom. The molecule has 3 nitrogen and oxygen atoms in total. The number of fused-ring (bicyclic) bond motifs is 1. The van der Waals surface area contributed by atoms with E-state index in [1.165, 1.54) is 49.3 Å². The third-order valence-corrected chi connectivity index (χ3v) is 8.87.